The van der Waals surface area contributed by atoms with E-state index in [2.05, 4.69) is 15.5 Å². The summed E-state index contributed by atoms with van der Waals surface area (Å²) in [5.74, 6) is -0.525. The number of hydrogen-bond acceptors (Lipinski definition) is 4. The largest absolute Gasteiger partial charge is 0.325 e. The van der Waals surface area contributed by atoms with Crippen molar-refractivity contribution < 1.29 is 9.18 Å². The van der Waals surface area contributed by atoms with Crippen LogP contribution in [0.3, 0.4) is 0 Å². The van der Waals surface area contributed by atoms with Crippen molar-refractivity contribution in [3.63, 3.8) is 0 Å². The topological polar surface area (TPSA) is 59.8 Å². The Morgan fingerprint density at radius 3 is 2.96 bits per heavy atom. The van der Waals surface area contributed by atoms with Gasteiger partial charge in [0.2, 0.25) is 5.91 Å². The average molecular weight is 377 g/mol. The van der Waals surface area contributed by atoms with Gasteiger partial charge in [-0.05, 0) is 42.8 Å². The van der Waals surface area contributed by atoms with E-state index in [4.69, 9.17) is 11.6 Å². The highest BCUT2D eigenvalue weighted by atomic mass is 35.5. The van der Waals surface area contributed by atoms with E-state index < -0.39 is 5.82 Å². The number of aromatic nitrogens is 3. The third kappa shape index (κ3) is 4.37. The lowest BCUT2D eigenvalue weighted by molar-refractivity contribution is -0.113. The number of halogens is 2. The number of carbonyl (C=O) groups is 1. The molecule has 128 valence electrons. The minimum absolute atomic E-state index is 0.120. The zero-order valence-corrected chi connectivity index (χ0v) is 14.8. The van der Waals surface area contributed by atoms with Gasteiger partial charge >= 0.3 is 0 Å². The molecule has 0 bridgehead atoms. The van der Waals surface area contributed by atoms with Crippen LogP contribution in [0.4, 0.5) is 10.1 Å². The van der Waals surface area contributed by atoms with Gasteiger partial charge in [-0.1, -0.05) is 35.5 Å². The lowest BCUT2D eigenvalue weighted by Crippen LogP contribution is -2.15. The molecule has 1 aromatic heterocycles. The Morgan fingerprint density at radius 1 is 1.32 bits per heavy atom. The van der Waals surface area contributed by atoms with Crippen molar-refractivity contribution in [1.29, 1.82) is 0 Å². The molecular weight excluding hydrogens is 363 g/mol. The highest BCUT2D eigenvalue weighted by Gasteiger charge is 2.11. The van der Waals surface area contributed by atoms with Gasteiger partial charge in [0.15, 0.2) is 5.16 Å². The van der Waals surface area contributed by atoms with E-state index in [1.54, 1.807) is 36.0 Å². The molecule has 1 N–H and O–H groups in total. The third-order valence-corrected chi connectivity index (χ3v) is 4.59. The van der Waals surface area contributed by atoms with E-state index >= 15 is 0 Å². The van der Waals surface area contributed by atoms with Gasteiger partial charge in [-0.15, -0.1) is 10.2 Å². The van der Waals surface area contributed by atoms with Gasteiger partial charge < -0.3 is 5.32 Å². The number of nitrogens with zero attached hydrogens (tertiary/aromatic N) is 3. The Labute approximate surface area is 153 Å². The summed E-state index contributed by atoms with van der Waals surface area (Å²) < 4.78 is 15.0. The monoisotopic (exact) mass is 376 g/mol. The molecule has 2 aromatic carbocycles. The SMILES string of the molecule is Cc1ccc(F)cc1NC(=O)CSc1nncn1-c1cccc(Cl)c1. The van der Waals surface area contributed by atoms with Crippen LogP contribution in [0, 0.1) is 12.7 Å². The first kappa shape index (κ1) is 17.4. The second-order valence-corrected chi connectivity index (χ2v) is 6.64. The molecule has 0 aliphatic heterocycles. The van der Waals surface area contributed by atoms with Gasteiger partial charge in [0, 0.05) is 10.7 Å². The molecule has 5 nitrogen and oxygen atoms in total. The van der Waals surface area contributed by atoms with Crippen LogP contribution in [0.2, 0.25) is 5.02 Å². The van der Waals surface area contributed by atoms with Crippen molar-refractivity contribution >= 4 is 35.0 Å². The predicted molar refractivity (Wildman–Crippen MR) is 96.9 cm³/mol. The summed E-state index contributed by atoms with van der Waals surface area (Å²) in [4.78, 5) is 12.1. The second kappa shape index (κ2) is 7.67. The number of amides is 1. The highest BCUT2D eigenvalue weighted by molar-refractivity contribution is 7.99. The van der Waals surface area contributed by atoms with Gasteiger partial charge in [-0.2, -0.15) is 0 Å². The molecular formula is C17H14ClFN4OS. The second-order valence-electron chi connectivity index (χ2n) is 5.26. The number of thioether (sulfide) groups is 1. The number of hydrogen-bond donors (Lipinski definition) is 1. The van der Waals surface area contributed by atoms with Crippen molar-refractivity contribution in [2.75, 3.05) is 11.1 Å². The molecule has 3 rings (SSSR count). The van der Waals surface area contributed by atoms with Crippen LogP contribution in [0.25, 0.3) is 5.69 Å². The molecule has 0 saturated heterocycles. The molecule has 8 heteroatoms. The Hall–Kier alpha value is -2.38. The van der Waals surface area contributed by atoms with Gasteiger partial charge in [-0.25, -0.2) is 4.39 Å². The maximum absolute atomic E-state index is 13.3. The molecule has 0 unspecified atom stereocenters. The Morgan fingerprint density at radius 2 is 2.16 bits per heavy atom. The normalized spacial score (nSPS) is 10.7. The number of benzene rings is 2. The van der Waals surface area contributed by atoms with E-state index in [1.807, 2.05) is 12.1 Å². The smallest absolute Gasteiger partial charge is 0.234 e. The van der Waals surface area contributed by atoms with Crippen LogP contribution in [0.1, 0.15) is 5.56 Å². The molecule has 0 aliphatic rings. The first-order chi connectivity index (χ1) is 12.0. The Kier molecular flexibility index (Phi) is 5.35. The number of nitrogens with one attached hydrogen (secondary N) is 1. The van der Waals surface area contributed by atoms with Gasteiger partial charge in [0.1, 0.15) is 12.1 Å². The van der Waals surface area contributed by atoms with Crippen molar-refractivity contribution in [3.05, 3.63) is 65.2 Å². The van der Waals surface area contributed by atoms with Gasteiger partial charge in [-0.3, -0.25) is 9.36 Å². The maximum Gasteiger partial charge on any atom is 0.234 e. The van der Waals surface area contributed by atoms with Crippen LogP contribution in [0.15, 0.2) is 53.9 Å². The van der Waals surface area contributed by atoms with Crippen LogP contribution in [-0.4, -0.2) is 26.4 Å². The van der Waals surface area contributed by atoms with E-state index in [9.17, 15) is 9.18 Å². The fourth-order valence-electron chi connectivity index (χ4n) is 2.17. The molecule has 0 spiro atoms. The number of rotatable bonds is 5. The summed E-state index contributed by atoms with van der Waals surface area (Å²) in [7, 11) is 0. The summed E-state index contributed by atoms with van der Waals surface area (Å²) in [6, 6.07) is 11.5. The Bertz CT molecular complexity index is 915. The number of aryl methyl sites for hydroxylation is 1. The maximum atomic E-state index is 13.3. The van der Waals surface area contributed by atoms with Crippen LogP contribution in [-0.2, 0) is 4.79 Å². The van der Waals surface area contributed by atoms with Crippen molar-refractivity contribution in [3.8, 4) is 5.69 Å². The first-order valence-electron chi connectivity index (χ1n) is 7.38. The van der Waals surface area contributed by atoms with E-state index in [0.717, 1.165) is 11.3 Å². The van der Waals surface area contributed by atoms with E-state index in [-0.39, 0.29) is 11.7 Å². The fraction of sp³-hybridized carbons (Fsp3) is 0.118. The molecule has 0 radical (unpaired) electrons. The fourth-order valence-corrected chi connectivity index (χ4v) is 3.08. The minimum atomic E-state index is -0.394. The zero-order chi connectivity index (χ0) is 17.8. The molecule has 0 aliphatic carbocycles. The number of anilines is 1. The summed E-state index contributed by atoms with van der Waals surface area (Å²) >= 11 is 7.24. The van der Waals surface area contributed by atoms with Gasteiger partial charge in [0.25, 0.3) is 0 Å². The summed E-state index contributed by atoms with van der Waals surface area (Å²) in [6.07, 6.45) is 1.56. The van der Waals surface area contributed by atoms with Crippen LogP contribution >= 0.6 is 23.4 Å². The number of carbonyl (C=O) groups excluding carboxylic acids is 1. The standard InChI is InChI=1S/C17H14ClFN4OS/c1-11-5-6-13(19)8-15(11)21-16(24)9-25-17-22-20-10-23(17)14-4-2-3-12(18)7-14/h2-8,10H,9H2,1H3,(H,21,24). The van der Waals surface area contributed by atoms with Crippen molar-refractivity contribution in [2.24, 2.45) is 0 Å². The molecule has 3 aromatic rings. The minimum Gasteiger partial charge on any atom is -0.325 e. The highest BCUT2D eigenvalue weighted by Crippen LogP contribution is 2.22. The zero-order valence-electron chi connectivity index (χ0n) is 13.2. The van der Waals surface area contributed by atoms with Gasteiger partial charge in [0.05, 0.1) is 11.4 Å². The molecule has 1 heterocycles. The molecule has 1 amide bonds. The average Bonchev–Trinajstić information content (AvgIpc) is 3.05. The van der Waals surface area contributed by atoms with E-state index in [1.165, 1.54) is 23.9 Å². The lowest BCUT2D eigenvalue weighted by Gasteiger charge is -2.09. The summed E-state index contributed by atoms with van der Waals surface area (Å²) in [6.45, 7) is 1.80. The quantitative estimate of drug-likeness (QED) is 0.681. The third-order valence-electron chi connectivity index (χ3n) is 3.41. The summed E-state index contributed by atoms with van der Waals surface area (Å²) in [5, 5.41) is 11.8. The molecule has 0 atom stereocenters. The van der Waals surface area contributed by atoms with Crippen LogP contribution < -0.4 is 5.32 Å². The van der Waals surface area contributed by atoms with Crippen molar-refractivity contribution in [1.82, 2.24) is 14.8 Å². The molecule has 0 saturated carbocycles. The van der Waals surface area contributed by atoms with E-state index in [0.29, 0.717) is 15.9 Å². The lowest BCUT2D eigenvalue weighted by atomic mass is 10.2. The molecule has 25 heavy (non-hydrogen) atoms. The predicted octanol–water partition coefficient (Wildman–Crippen LogP) is 4.10. The van der Waals surface area contributed by atoms with Crippen molar-refractivity contribution in [2.45, 2.75) is 12.1 Å². The summed E-state index contributed by atoms with van der Waals surface area (Å²) in [5.41, 5.74) is 2.06. The molecule has 0 fully saturated rings. The van der Waals surface area contributed by atoms with Crippen LogP contribution in [0.5, 0.6) is 0 Å². The first-order valence-corrected chi connectivity index (χ1v) is 8.74. The Balaban J connectivity index is 1.67.